The van der Waals surface area contributed by atoms with Crippen LogP contribution in [0.4, 0.5) is 5.69 Å². The van der Waals surface area contributed by atoms with Crippen molar-refractivity contribution in [2.75, 3.05) is 19.5 Å². The molecule has 2 unspecified atom stereocenters. The third kappa shape index (κ3) is 3.05. The van der Waals surface area contributed by atoms with Gasteiger partial charge < -0.3 is 19.9 Å². The van der Waals surface area contributed by atoms with E-state index in [-0.39, 0.29) is 5.91 Å². The number of aliphatic carboxylic acids is 1. The van der Waals surface area contributed by atoms with E-state index in [4.69, 9.17) is 26.2 Å². The minimum Gasteiger partial charge on any atom is -0.495 e. The fourth-order valence-corrected chi connectivity index (χ4v) is 2.53. The van der Waals surface area contributed by atoms with Gasteiger partial charge in [0.25, 0.3) is 0 Å². The summed E-state index contributed by atoms with van der Waals surface area (Å²) in [6.45, 7) is 0. The maximum Gasteiger partial charge on any atom is 0.307 e. The molecule has 2 N–H and O–H groups in total. The van der Waals surface area contributed by atoms with E-state index in [0.29, 0.717) is 35.1 Å². The molecule has 6 nitrogen and oxygen atoms in total. The molecule has 1 saturated carbocycles. The van der Waals surface area contributed by atoms with Gasteiger partial charge in [-0.1, -0.05) is 11.6 Å². The van der Waals surface area contributed by atoms with E-state index in [2.05, 4.69) is 5.32 Å². The summed E-state index contributed by atoms with van der Waals surface area (Å²) in [6.07, 6.45) is 1.09. The zero-order valence-electron chi connectivity index (χ0n) is 11.7. The number of nitrogens with one attached hydrogen (secondary N) is 1. The van der Waals surface area contributed by atoms with Crippen LogP contribution < -0.4 is 14.8 Å². The van der Waals surface area contributed by atoms with Crippen LogP contribution in [0.15, 0.2) is 12.1 Å². The number of carboxylic acids is 1. The van der Waals surface area contributed by atoms with Crippen molar-refractivity contribution in [2.45, 2.75) is 12.8 Å². The largest absolute Gasteiger partial charge is 0.495 e. The third-order valence-electron chi connectivity index (χ3n) is 3.66. The first-order valence-corrected chi connectivity index (χ1v) is 6.81. The van der Waals surface area contributed by atoms with Crippen molar-refractivity contribution in [1.82, 2.24) is 0 Å². The van der Waals surface area contributed by atoms with Crippen molar-refractivity contribution in [3.63, 3.8) is 0 Å². The molecule has 0 heterocycles. The number of hydrogen-bond acceptors (Lipinski definition) is 4. The van der Waals surface area contributed by atoms with Gasteiger partial charge in [-0.25, -0.2) is 0 Å². The fourth-order valence-electron chi connectivity index (χ4n) is 2.29. The number of benzene rings is 1. The molecule has 1 aliphatic rings. The molecule has 1 aromatic carbocycles. The normalized spacial score (nSPS) is 20.3. The molecule has 0 spiro atoms. The summed E-state index contributed by atoms with van der Waals surface area (Å²) < 4.78 is 10.3. The molecule has 1 aliphatic carbocycles. The number of methoxy groups -OCH3 is 2. The van der Waals surface area contributed by atoms with Gasteiger partial charge in [-0.3, -0.25) is 9.59 Å². The molecule has 21 heavy (non-hydrogen) atoms. The molecule has 0 aromatic heterocycles. The highest BCUT2D eigenvalue weighted by molar-refractivity contribution is 6.32. The van der Waals surface area contributed by atoms with Crippen molar-refractivity contribution >= 4 is 29.2 Å². The number of anilines is 1. The van der Waals surface area contributed by atoms with Crippen molar-refractivity contribution in [3.8, 4) is 11.5 Å². The third-order valence-corrected chi connectivity index (χ3v) is 3.96. The molecular formula is C14H16ClNO5. The van der Waals surface area contributed by atoms with Gasteiger partial charge in [-0.15, -0.1) is 0 Å². The second-order valence-electron chi connectivity index (χ2n) is 4.80. The lowest BCUT2D eigenvalue weighted by molar-refractivity contribution is -0.151. The smallest absolute Gasteiger partial charge is 0.307 e. The monoisotopic (exact) mass is 313 g/mol. The number of ether oxygens (including phenoxy) is 2. The summed E-state index contributed by atoms with van der Waals surface area (Å²) in [5.74, 6) is -1.60. The highest BCUT2D eigenvalue weighted by atomic mass is 35.5. The van der Waals surface area contributed by atoms with Crippen LogP contribution in [0.3, 0.4) is 0 Å². The molecule has 0 radical (unpaired) electrons. The Labute approximate surface area is 127 Å². The Morgan fingerprint density at radius 2 is 1.81 bits per heavy atom. The maximum absolute atomic E-state index is 12.1. The minimum atomic E-state index is -0.943. The van der Waals surface area contributed by atoms with Crippen LogP contribution in [0.1, 0.15) is 12.8 Å². The van der Waals surface area contributed by atoms with Gasteiger partial charge in [-0.2, -0.15) is 0 Å². The van der Waals surface area contributed by atoms with Crippen LogP contribution in [-0.2, 0) is 9.59 Å². The predicted molar refractivity (Wildman–Crippen MR) is 77.0 cm³/mol. The molecule has 0 bridgehead atoms. The molecule has 0 saturated heterocycles. The highest BCUT2D eigenvalue weighted by Crippen LogP contribution is 2.39. The standard InChI is InChI=1S/C14H16ClNO5/c1-20-11-6-12(21-2)10(5-9(11)15)16-13(17)7-3-4-8(7)14(18)19/h5-8H,3-4H2,1-2H3,(H,16,17)(H,18,19). The summed E-state index contributed by atoms with van der Waals surface area (Å²) in [6, 6.07) is 3.08. The van der Waals surface area contributed by atoms with Gasteiger partial charge in [-0.05, 0) is 18.9 Å². The zero-order valence-corrected chi connectivity index (χ0v) is 12.4. The van der Waals surface area contributed by atoms with Gasteiger partial charge in [0.15, 0.2) is 0 Å². The van der Waals surface area contributed by atoms with Gasteiger partial charge in [0.1, 0.15) is 11.5 Å². The van der Waals surface area contributed by atoms with Crippen LogP contribution in [0.2, 0.25) is 5.02 Å². The second kappa shape index (κ2) is 6.22. The van der Waals surface area contributed by atoms with E-state index in [1.54, 1.807) is 6.07 Å². The summed E-state index contributed by atoms with van der Waals surface area (Å²) in [7, 11) is 2.94. The number of amides is 1. The van der Waals surface area contributed by atoms with Crippen LogP contribution >= 0.6 is 11.6 Å². The lowest BCUT2D eigenvalue weighted by Crippen LogP contribution is -2.41. The number of rotatable bonds is 5. The average Bonchev–Trinajstić information content (AvgIpc) is 2.36. The molecule has 1 aromatic rings. The Morgan fingerprint density at radius 3 is 2.29 bits per heavy atom. The Kier molecular flexibility index (Phi) is 4.57. The quantitative estimate of drug-likeness (QED) is 0.872. The summed E-state index contributed by atoms with van der Waals surface area (Å²) in [5.41, 5.74) is 0.393. The van der Waals surface area contributed by atoms with Gasteiger partial charge in [0, 0.05) is 6.07 Å². The Balaban J connectivity index is 2.17. The molecular weight excluding hydrogens is 298 g/mol. The van der Waals surface area contributed by atoms with E-state index < -0.39 is 17.8 Å². The Bertz CT molecular complexity index is 575. The van der Waals surface area contributed by atoms with Crippen LogP contribution in [0.5, 0.6) is 11.5 Å². The number of carboxylic acid groups (broad SMARTS) is 1. The maximum atomic E-state index is 12.1. The summed E-state index contributed by atoms with van der Waals surface area (Å²) in [5, 5.41) is 12.0. The summed E-state index contributed by atoms with van der Waals surface area (Å²) in [4.78, 5) is 23.1. The molecule has 1 amide bonds. The SMILES string of the molecule is COc1cc(OC)c(NC(=O)C2CCC2C(=O)O)cc1Cl. The summed E-state index contributed by atoms with van der Waals surface area (Å²) >= 11 is 6.02. The van der Waals surface area contributed by atoms with Crippen molar-refractivity contribution in [2.24, 2.45) is 11.8 Å². The van der Waals surface area contributed by atoms with Crippen molar-refractivity contribution in [3.05, 3.63) is 17.2 Å². The van der Waals surface area contributed by atoms with Crippen molar-refractivity contribution in [1.29, 1.82) is 0 Å². The fraction of sp³-hybridized carbons (Fsp3) is 0.429. The Hall–Kier alpha value is -1.95. The number of carbonyl (C=O) groups is 2. The number of halogens is 1. The molecule has 114 valence electrons. The molecule has 2 rings (SSSR count). The topological polar surface area (TPSA) is 84.9 Å². The van der Waals surface area contributed by atoms with Crippen molar-refractivity contribution < 1.29 is 24.2 Å². The van der Waals surface area contributed by atoms with E-state index in [0.717, 1.165) is 0 Å². The predicted octanol–water partition coefficient (Wildman–Crippen LogP) is 2.41. The lowest BCUT2D eigenvalue weighted by Gasteiger charge is -2.32. The Morgan fingerprint density at radius 1 is 1.19 bits per heavy atom. The van der Waals surface area contributed by atoms with E-state index in [1.165, 1.54) is 20.3 Å². The average molecular weight is 314 g/mol. The van der Waals surface area contributed by atoms with Crippen LogP contribution in [-0.4, -0.2) is 31.2 Å². The number of carbonyl (C=O) groups excluding carboxylic acids is 1. The lowest BCUT2D eigenvalue weighted by atomic mass is 9.73. The zero-order chi connectivity index (χ0) is 15.6. The van der Waals surface area contributed by atoms with E-state index >= 15 is 0 Å². The molecule has 2 atom stereocenters. The number of hydrogen-bond donors (Lipinski definition) is 2. The van der Waals surface area contributed by atoms with Gasteiger partial charge >= 0.3 is 5.97 Å². The van der Waals surface area contributed by atoms with E-state index in [1.807, 2.05) is 0 Å². The van der Waals surface area contributed by atoms with Gasteiger partial charge in [0.2, 0.25) is 5.91 Å². The molecule has 0 aliphatic heterocycles. The first kappa shape index (κ1) is 15.4. The van der Waals surface area contributed by atoms with Crippen LogP contribution in [0, 0.1) is 11.8 Å². The van der Waals surface area contributed by atoms with E-state index in [9.17, 15) is 9.59 Å². The van der Waals surface area contributed by atoms with Crippen LogP contribution in [0.25, 0.3) is 0 Å². The van der Waals surface area contributed by atoms with Gasteiger partial charge in [0.05, 0.1) is 36.8 Å². The second-order valence-corrected chi connectivity index (χ2v) is 5.21. The highest BCUT2D eigenvalue weighted by Gasteiger charge is 2.41. The molecule has 7 heteroatoms. The first-order chi connectivity index (χ1) is 9.97. The molecule has 1 fully saturated rings. The minimum absolute atomic E-state index is 0.331. The first-order valence-electron chi connectivity index (χ1n) is 6.43.